The molecule has 11 heteroatoms. The second-order valence-corrected chi connectivity index (χ2v) is 9.38. The summed E-state index contributed by atoms with van der Waals surface area (Å²) < 4.78 is 17.9. The Morgan fingerprint density at radius 2 is 1.94 bits per heavy atom. The van der Waals surface area contributed by atoms with Gasteiger partial charge in [-0.1, -0.05) is 6.42 Å². The number of carbonyl (C=O) groups is 2. The second-order valence-electron chi connectivity index (χ2n) is 9.38. The van der Waals surface area contributed by atoms with Crippen molar-refractivity contribution in [3.8, 4) is 11.5 Å². The van der Waals surface area contributed by atoms with Crippen LogP contribution in [0.4, 0.5) is 11.5 Å². The van der Waals surface area contributed by atoms with Gasteiger partial charge in [-0.2, -0.15) is 0 Å². The minimum atomic E-state index is -0.559. The van der Waals surface area contributed by atoms with E-state index in [-0.39, 0.29) is 24.2 Å². The van der Waals surface area contributed by atoms with Crippen molar-refractivity contribution in [3.63, 3.8) is 0 Å². The minimum Gasteiger partial charge on any atom is -0.465 e. The first kappa shape index (κ1) is 22.6. The van der Waals surface area contributed by atoms with Crippen molar-refractivity contribution in [1.29, 1.82) is 0 Å². The average molecular weight is 493 g/mol. The van der Waals surface area contributed by atoms with Gasteiger partial charge in [0.15, 0.2) is 28.5 Å². The number of hydrogen-bond acceptors (Lipinski definition) is 9. The number of benzene rings is 1. The standard InChI is InChI=1S/C25H28N6O5/c1-34-25(33)16-10-18-19(36-14-35-18)11-17(16)28-24(32)15-6-5-8-30(12-15)22-21-23(27-13-26-22)31-9-4-2-3-7-20(31)29-21/h10-11,13,15H,2-9,12,14H2,1H3,(H,28,32). The molecule has 11 nitrogen and oxygen atoms in total. The molecule has 1 aromatic carbocycles. The first-order valence-corrected chi connectivity index (χ1v) is 12.4. The molecule has 3 aliphatic rings. The highest BCUT2D eigenvalue weighted by molar-refractivity contribution is 6.03. The van der Waals surface area contributed by atoms with Gasteiger partial charge in [0.25, 0.3) is 0 Å². The molecule has 1 amide bonds. The van der Waals surface area contributed by atoms with Crippen LogP contribution in [0.25, 0.3) is 11.2 Å². The fourth-order valence-corrected chi connectivity index (χ4v) is 5.30. The number of fused-ring (bicyclic) bond motifs is 4. The van der Waals surface area contributed by atoms with Gasteiger partial charge in [0.05, 0.1) is 24.3 Å². The van der Waals surface area contributed by atoms with Crippen LogP contribution in [0.3, 0.4) is 0 Å². The summed E-state index contributed by atoms with van der Waals surface area (Å²) in [5.41, 5.74) is 2.24. The number of esters is 1. The smallest absolute Gasteiger partial charge is 0.340 e. The quantitative estimate of drug-likeness (QED) is 0.548. The number of methoxy groups -OCH3 is 1. The molecule has 36 heavy (non-hydrogen) atoms. The number of nitrogens with one attached hydrogen (secondary N) is 1. The number of carbonyl (C=O) groups excluding carboxylic acids is 2. The van der Waals surface area contributed by atoms with Crippen molar-refractivity contribution in [2.75, 3.05) is 37.2 Å². The predicted molar refractivity (Wildman–Crippen MR) is 130 cm³/mol. The van der Waals surface area contributed by atoms with Crippen molar-refractivity contribution >= 4 is 34.5 Å². The largest absolute Gasteiger partial charge is 0.465 e. The topological polar surface area (TPSA) is 121 Å². The monoisotopic (exact) mass is 492 g/mol. The van der Waals surface area contributed by atoms with Gasteiger partial charge in [-0.15, -0.1) is 0 Å². The summed E-state index contributed by atoms with van der Waals surface area (Å²) in [5.74, 6) is 1.74. The molecule has 3 aliphatic heterocycles. The lowest BCUT2D eigenvalue weighted by atomic mass is 9.96. The van der Waals surface area contributed by atoms with Gasteiger partial charge >= 0.3 is 5.97 Å². The van der Waals surface area contributed by atoms with Crippen LogP contribution < -0.4 is 19.7 Å². The Balaban J connectivity index is 1.25. The fourth-order valence-electron chi connectivity index (χ4n) is 5.30. The highest BCUT2D eigenvalue weighted by atomic mass is 16.7. The van der Waals surface area contributed by atoms with Gasteiger partial charge in [0.2, 0.25) is 12.7 Å². The molecule has 2 aromatic heterocycles. The normalized spacial score (nSPS) is 19.0. The Morgan fingerprint density at radius 3 is 2.81 bits per heavy atom. The van der Waals surface area contributed by atoms with Crippen LogP contribution in [0.2, 0.25) is 0 Å². The van der Waals surface area contributed by atoms with Gasteiger partial charge in [-0.05, 0) is 25.7 Å². The molecule has 1 atom stereocenters. The molecule has 0 spiro atoms. The third kappa shape index (κ3) is 3.98. The molecular formula is C25H28N6O5. The Labute approximate surface area is 207 Å². The van der Waals surface area contributed by atoms with E-state index in [1.165, 1.54) is 19.6 Å². The van der Waals surface area contributed by atoms with Crippen molar-refractivity contribution in [3.05, 3.63) is 29.8 Å². The first-order chi connectivity index (χ1) is 17.6. The Bertz CT molecular complexity index is 1340. The molecule has 1 unspecified atom stereocenters. The molecule has 6 rings (SSSR count). The molecule has 1 fully saturated rings. The van der Waals surface area contributed by atoms with Gasteiger partial charge in [-0.3, -0.25) is 4.79 Å². The zero-order valence-corrected chi connectivity index (χ0v) is 20.2. The van der Waals surface area contributed by atoms with E-state index in [2.05, 4.69) is 24.8 Å². The lowest BCUT2D eigenvalue weighted by Gasteiger charge is -2.33. The van der Waals surface area contributed by atoms with Crippen molar-refractivity contribution in [2.45, 2.75) is 45.1 Å². The van der Waals surface area contributed by atoms with Crippen LogP contribution in [-0.4, -0.2) is 58.4 Å². The van der Waals surface area contributed by atoms with Gasteiger partial charge < -0.3 is 29.0 Å². The van der Waals surface area contributed by atoms with Crippen LogP contribution in [0, 0.1) is 5.92 Å². The fraction of sp³-hybridized carbons (Fsp3) is 0.480. The van der Waals surface area contributed by atoms with E-state index in [4.69, 9.17) is 19.2 Å². The number of aryl methyl sites for hydroxylation is 2. The first-order valence-electron chi connectivity index (χ1n) is 12.4. The maximum atomic E-state index is 13.4. The van der Waals surface area contributed by atoms with E-state index in [9.17, 15) is 9.59 Å². The summed E-state index contributed by atoms with van der Waals surface area (Å²) in [6.07, 6.45) is 7.56. The number of piperidine rings is 1. The van der Waals surface area contributed by atoms with E-state index < -0.39 is 5.97 Å². The third-order valence-electron chi connectivity index (χ3n) is 7.14. The van der Waals surface area contributed by atoms with Crippen LogP contribution >= 0.6 is 0 Å². The van der Waals surface area contributed by atoms with E-state index in [1.54, 1.807) is 12.4 Å². The van der Waals surface area contributed by atoms with Crippen molar-refractivity contribution < 1.29 is 23.8 Å². The highest BCUT2D eigenvalue weighted by Crippen LogP contribution is 2.38. The van der Waals surface area contributed by atoms with Crippen LogP contribution in [0.5, 0.6) is 11.5 Å². The summed E-state index contributed by atoms with van der Waals surface area (Å²) in [5, 5.41) is 2.93. The molecule has 0 saturated carbocycles. The van der Waals surface area contributed by atoms with E-state index in [0.29, 0.717) is 23.7 Å². The molecule has 3 aromatic rings. The molecule has 5 heterocycles. The summed E-state index contributed by atoms with van der Waals surface area (Å²) >= 11 is 0. The average Bonchev–Trinajstić information content (AvgIpc) is 3.44. The summed E-state index contributed by atoms with van der Waals surface area (Å²) in [6, 6.07) is 3.15. The molecular weight excluding hydrogens is 464 g/mol. The maximum absolute atomic E-state index is 13.4. The number of ether oxygens (including phenoxy) is 3. The number of rotatable bonds is 4. The minimum absolute atomic E-state index is 0.0653. The summed E-state index contributed by atoms with van der Waals surface area (Å²) in [6.45, 7) is 2.27. The van der Waals surface area contributed by atoms with Crippen molar-refractivity contribution in [2.24, 2.45) is 5.92 Å². The van der Waals surface area contributed by atoms with Crippen molar-refractivity contribution in [1.82, 2.24) is 19.5 Å². The molecule has 0 bridgehead atoms. The zero-order chi connectivity index (χ0) is 24.6. The van der Waals surface area contributed by atoms with Gasteiger partial charge in [0, 0.05) is 38.2 Å². The predicted octanol–water partition coefficient (Wildman–Crippen LogP) is 2.92. The van der Waals surface area contributed by atoms with E-state index >= 15 is 0 Å². The van der Waals surface area contributed by atoms with Crippen LogP contribution in [-0.2, 0) is 22.5 Å². The number of anilines is 2. The van der Waals surface area contributed by atoms with Crippen LogP contribution in [0.1, 0.15) is 48.3 Å². The van der Waals surface area contributed by atoms with Crippen LogP contribution in [0.15, 0.2) is 18.5 Å². The molecule has 0 aliphatic carbocycles. The lowest BCUT2D eigenvalue weighted by molar-refractivity contribution is -0.120. The van der Waals surface area contributed by atoms with E-state index in [1.807, 2.05) is 0 Å². The molecule has 188 valence electrons. The number of hydrogen-bond donors (Lipinski definition) is 1. The second kappa shape index (κ2) is 9.29. The number of aromatic nitrogens is 4. The number of nitrogens with zero attached hydrogens (tertiary/aromatic N) is 5. The molecule has 0 radical (unpaired) electrons. The Hall–Kier alpha value is -3.89. The SMILES string of the molecule is COC(=O)c1cc2c(cc1NC(=O)C1CCCN(c3ncnc4c3nc3n4CCCCC3)C1)OCO2. The van der Waals surface area contributed by atoms with Gasteiger partial charge in [0.1, 0.15) is 12.2 Å². The Morgan fingerprint density at radius 1 is 1.08 bits per heavy atom. The maximum Gasteiger partial charge on any atom is 0.340 e. The summed E-state index contributed by atoms with van der Waals surface area (Å²) in [4.78, 5) is 41.9. The molecule has 1 saturated heterocycles. The Kier molecular flexibility index (Phi) is 5.82. The van der Waals surface area contributed by atoms with E-state index in [0.717, 1.165) is 68.0 Å². The molecule has 1 N–H and O–H groups in total. The number of amides is 1. The zero-order valence-electron chi connectivity index (χ0n) is 20.2. The van der Waals surface area contributed by atoms with Gasteiger partial charge in [-0.25, -0.2) is 19.7 Å². The third-order valence-corrected chi connectivity index (χ3v) is 7.14. The highest BCUT2D eigenvalue weighted by Gasteiger charge is 2.30. The summed E-state index contributed by atoms with van der Waals surface area (Å²) in [7, 11) is 1.30. The lowest BCUT2D eigenvalue weighted by Crippen LogP contribution is -2.41. The number of imidazole rings is 1.